The highest BCUT2D eigenvalue weighted by molar-refractivity contribution is 8.00. The van der Waals surface area contributed by atoms with Crippen LogP contribution in [-0.4, -0.2) is 17.8 Å². The Morgan fingerprint density at radius 3 is 2.90 bits per heavy atom. The standard InChI is InChI=1S/C19H29NS/c1-2-11-20-17-9-5-3-7-15(12-17)13-18-14-16-8-4-6-10-19(16)21-18/h4,6,8,10,15,17-18,20H,2-3,5,7,9,11-14H2,1H3. The van der Waals surface area contributed by atoms with E-state index >= 15 is 0 Å². The van der Waals surface area contributed by atoms with Crippen LogP contribution in [0.4, 0.5) is 0 Å². The monoisotopic (exact) mass is 303 g/mol. The maximum atomic E-state index is 3.78. The van der Waals surface area contributed by atoms with Crippen LogP contribution in [0.25, 0.3) is 0 Å². The third-order valence-electron chi connectivity index (χ3n) is 5.03. The van der Waals surface area contributed by atoms with Gasteiger partial charge in [0.15, 0.2) is 0 Å². The number of fused-ring (bicyclic) bond motifs is 1. The van der Waals surface area contributed by atoms with E-state index in [1.54, 1.807) is 5.56 Å². The predicted molar refractivity (Wildman–Crippen MR) is 93.1 cm³/mol. The molecular weight excluding hydrogens is 274 g/mol. The highest BCUT2D eigenvalue weighted by Crippen LogP contribution is 2.41. The maximum Gasteiger partial charge on any atom is 0.0138 e. The molecule has 1 fully saturated rings. The number of benzene rings is 1. The van der Waals surface area contributed by atoms with Crippen molar-refractivity contribution >= 4 is 11.8 Å². The Morgan fingerprint density at radius 2 is 2.05 bits per heavy atom. The summed E-state index contributed by atoms with van der Waals surface area (Å²) < 4.78 is 0. The van der Waals surface area contributed by atoms with Crippen LogP contribution in [0.2, 0.25) is 0 Å². The zero-order valence-electron chi connectivity index (χ0n) is 13.3. The number of rotatable bonds is 5. The van der Waals surface area contributed by atoms with Gasteiger partial charge in [0.25, 0.3) is 0 Å². The van der Waals surface area contributed by atoms with Gasteiger partial charge in [-0.3, -0.25) is 0 Å². The lowest BCUT2D eigenvalue weighted by atomic mass is 9.91. The van der Waals surface area contributed by atoms with Crippen molar-refractivity contribution in [1.29, 1.82) is 0 Å². The Balaban J connectivity index is 1.52. The average molecular weight is 304 g/mol. The van der Waals surface area contributed by atoms with E-state index < -0.39 is 0 Å². The van der Waals surface area contributed by atoms with E-state index in [-0.39, 0.29) is 0 Å². The van der Waals surface area contributed by atoms with Crippen LogP contribution >= 0.6 is 11.8 Å². The van der Waals surface area contributed by atoms with Gasteiger partial charge in [-0.2, -0.15) is 0 Å². The van der Waals surface area contributed by atoms with Crippen LogP contribution in [0.5, 0.6) is 0 Å². The molecule has 0 radical (unpaired) electrons. The molecule has 3 unspecified atom stereocenters. The van der Waals surface area contributed by atoms with Crippen molar-refractivity contribution in [1.82, 2.24) is 5.32 Å². The zero-order valence-corrected chi connectivity index (χ0v) is 14.1. The van der Waals surface area contributed by atoms with Gasteiger partial charge in [-0.1, -0.05) is 44.4 Å². The van der Waals surface area contributed by atoms with E-state index in [4.69, 9.17) is 0 Å². The maximum absolute atomic E-state index is 3.78. The van der Waals surface area contributed by atoms with Crippen molar-refractivity contribution in [2.24, 2.45) is 5.92 Å². The molecular formula is C19H29NS. The summed E-state index contributed by atoms with van der Waals surface area (Å²) in [4.78, 5) is 1.54. The molecule has 1 nitrogen and oxygen atoms in total. The first-order valence-corrected chi connectivity index (χ1v) is 9.71. The molecule has 2 aliphatic rings. The molecule has 1 aliphatic heterocycles. The van der Waals surface area contributed by atoms with Gasteiger partial charge < -0.3 is 5.32 Å². The predicted octanol–water partition coefficient (Wildman–Crippen LogP) is 5.04. The molecule has 1 heterocycles. The first kappa shape index (κ1) is 15.4. The third-order valence-corrected chi connectivity index (χ3v) is 6.37. The molecule has 1 aromatic rings. The van der Waals surface area contributed by atoms with E-state index in [1.807, 2.05) is 0 Å². The van der Waals surface area contributed by atoms with E-state index in [0.29, 0.717) is 0 Å². The van der Waals surface area contributed by atoms with Gasteiger partial charge in [-0.05, 0) is 56.2 Å². The van der Waals surface area contributed by atoms with Crippen LogP contribution in [0, 0.1) is 5.92 Å². The van der Waals surface area contributed by atoms with Crippen molar-refractivity contribution in [3.8, 4) is 0 Å². The van der Waals surface area contributed by atoms with Crippen molar-refractivity contribution < 1.29 is 0 Å². The second-order valence-electron chi connectivity index (χ2n) is 6.82. The first-order chi connectivity index (χ1) is 10.3. The Morgan fingerprint density at radius 1 is 1.19 bits per heavy atom. The summed E-state index contributed by atoms with van der Waals surface area (Å²) in [6.45, 7) is 3.47. The van der Waals surface area contributed by atoms with Crippen molar-refractivity contribution in [2.75, 3.05) is 6.54 Å². The molecule has 1 aromatic carbocycles. The lowest BCUT2D eigenvalue weighted by Crippen LogP contribution is -2.31. The largest absolute Gasteiger partial charge is 0.314 e. The second-order valence-corrected chi connectivity index (χ2v) is 8.17. The lowest BCUT2D eigenvalue weighted by Gasteiger charge is -2.23. The molecule has 0 saturated heterocycles. The van der Waals surface area contributed by atoms with Crippen molar-refractivity contribution in [2.45, 2.75) is 74.5 Å². The number of thioether (sulfide) groups is 1. The highest BCUT2D eigenvalue weighted by atomic mass is 32.2. The van der Waals surface area contributed by atoms with Gasteiger partial charge in [0.1, 0.15) is 0 Å². The summed E-state index contributed by atoms with van der Waals surface area (Å²) in [7, 11) is 0. The van der Waals surface area contributed by atoms with Crippen molar-refractivity contribution in [3.63, 3.8) is 0 Å². The van der Waals surface area contributed by atoms with Crippen LogP contribution < -0.4 is 5.32 Å². The molecule has 21 heavy (non-hydrogen) atoms. The van der Waals surface area contributed by atoms with Gasteiger partial charge in [-0.25, -0.2) is 0 Å². The SMILES string of the molecule is CCCNC1CCCCC(CC2Cc3ccccc3S2)C1. The molecule has 0 spiro atoms. The fourth-order valence-corrected chi connectivity index (χ4v) is 5.42. The molecule has 0 amide bonds. The minimum Gasteiger partial charge on any atom is -0.314 e. The second kappa shape index (κ2) is 7.69. The Hall–Kier alpha value is -0.470. The molecule has 1 aliphatic carbocycles. The Bertz CT molecular complexity index is 420. The molecule has 1 N–H and O–H groups in total. The summed E-state index contributed by atoms with van der Waals surface area (Å²) in [5.74, 6) is 0.939. The van der Waals surface area contributed by atoms with Gasteiger partial charge >= 0.3 is 0 Å². The van der Waals surface area contributed by atoms with Crippen molar-refractivity contribution in [3.05, 3.63) is 29.8 Å². The summed E-state index contributed by atoms with van der Waals surface area (Å²) in [5, 5.41) is 4.61. The van der Waals surface area contributed by atoms with E-state index in [2.05, 4.69) is 48.3 Å². The van der Waals surface area contributed by atoms with Crippen LogP contribution in [0.1, 0.15) is 57.4 Å². The summed E-state index contributed by atoms with van der Waals surface area (Å²) >= 11 is 2.14. The van der Waals surface area contributed by atoms with Gasteiger partial charge in [-0.15, -0.1) is 11.8 Å². The molecule has 116 valence electrons. The smallest absolute Gasteiger partial charge is 0.0138 e. The fraction of sp³-hybridized carbons (Fsp3) is 0.684. The molecule has 2 heteroatoms. The summed E-state index contributed by atoms with van der Waals surface area (Å²) in [6.07, 6.45) is 11.1. The van der Waals surface area contributed by atoms with Gasteiger partial charge in [0.05, 0.1) is 0 Å². The Kier molecular flexibility index (Phi) is 5.65. The van der Waals surface area contributed by atoms with E-state index in [0.717, 1.165) is 17.2 Å². The number of hydrogen-bond acceptors (Lipinski definition) is 2. The minimum atomic E-state index is 0.784. The number of hydrogen-bond donors (Lipinski definition) is 1. The topological polar surface area (TPSA) is 12.0 Å². The summed E-state index contributed by atoms with van der Waals surface area (Å²) in [5.41, 5.74) is 1.58. The van der Waals surface area contributed by atoms with Crippen LogP contribution in [0.15, 0.2) is 29.2 Å². The Labute approximate surface area is 134 Å². The molecule has 1 saturated carbocycles. The highest BCUT2D eigenvalue weighted by Gasteiger charge is 2.27. The summed E-state index contributed by atoms with van der Waals surface area (Å²) in [6, 6.07) is 9.79. The molecule has 0 aromatic heterocycles. The molecule has 0 bridgehead atoms. The minimum absolute atomic E-state index is 0.784. The van der Waals surface area contributed by atoms with Gasteiger partial charge in [0, 0.05) is 16.2 Å². The number of nitrogens with one attached hydrogen (secondary N) is 1. The van der Waals surface area contributed by atoms with Crippen LogP contribution in [-0.2, 0) is 6.42 Å². The molecule has 3 atom stereocenters. The van der Waals surface area contributed by atoms with E-state index in [1.165, 1.54) is 62.8 Å². The van der Waals surface area contributed by atoms with Crippen LogP contribution in [0.3, 0.4) is 0 Å². The normalized spacial score (nSPS) is 29.1. The van der Waals surface area contributed by atoms with E-state index in [9.17, 15) is 0 Å². The zero-order chi connectivity index (χ0) is 14.5. The third kappa shape index (κ3) is 4.26. The molecule has 3 rings (SSSR count). The van der Waals surface area contributed by atoms with Gasteiger partial charge in [0.2, 0.25) is 0 Å². The fourth-order valence-electron chi connectivity index (χ4n) is 3.97. The first-order valence-electron chi connectivity index (χ1n) is 8.83. The quantitative estimate of drug-likeness (QED) is 0.765. The lowest BCUT2D eigenvalue weighted by molar-refractivity contribution is 0.366. The average Bonchev–Trinajstić information content (AvgIpc) is 2.77.